The van der Waals surface area contributed by atoms with Crippen LogP contribution in [0.15, 0.2) is 206 Å². The van der Waals surface area contributed by atoms with Gasteiger partial charge in [-0.05, 0) is 159 Å². The van der Waals surface area contributed by atoms with Gasteiger partial charge >= 0.3 is 0 Å². The zero-order valence-corrected chi connectivity index (χ0v) is 33.4. The first-order valence-electron chi connectivity index (χ1n) is 19.9. The van der Waals surface area contributed by atoms with E-state index >= 15 is 0 Å². The van der Waals surface area contributed by atoms with E-state index in [1.54, 1.807) is 0 Å². The first kappa shape index (κ1) is 39.0. The van der Waals surface area contributed by atoms with Crippen LogP contribution in [0.2, 0.25) is 0 Å². The Morgan fingerprint density at radius 3 is 0.683 bits per heavy atom. The second-order valence-electron chi connectivity index (χ2n) is 14.3. The largest absolute Gasteiger partial charge is 0.457 e. The second kappa shape index (κ2) is 19.1. The van der Waals surface area contributed by atoms with Crippen molar-refractivity contribution in [2.24, 2.45) is 0 Å². The van der Waals surface area contributed by atoms with E-state index in [0.29, 0.717) is 0 Å². The van der Waals surface area contributed by atoms with Crippen LogP contribution in [0, 0.1) is 13.8 Å². The fourth-order valence-corrected chi connectivity index (χ4v) is 6.33. The second-order valence-corrected chi connectivity index (χ2v) is 14.3. The molecule has 0 heterocycles. The van der Waals surface area contributed by atoms with E-state index in [1.807, 2.05) is 206 Å². The van der Waals surface area contributed by atoms with Crippen LogP contribution < -0.4 is 40.2 Å². The van der Waals surface area contributed by atoms with Crippen LogP contribution in [-0.4, -0.2) is 12.3 Å². The smallest absolute Gasteiger partial charge is 0.136 e. The average molecular weight is 791 g/mol. The molecule has 2 unspecified atom stereocenters. The number of benzene rings is 8. The minimum Gasteiger partial charge on any atom is -0.457 e. The Hall–Kier alpha value is -7.84. The summed E-state index contributed by atoms with van der Waals surface area (Å²) in [4.78, 5) is 0. The molecule has 60 heavy (non-hydrogen) atoms. The standard InChI is InChI=1S/C52H46N4O4/c1-37-13-25-45(26-14-37)59-49-33-21-41(22-34-49)55-51(53-39-17-29-47(30-18-39)57-43-9-5-3-6-10-43)52(54-40-19-31-48(32-20-40)58-44-11-7-4-8-12-44)56-42-23-35-50(36-24-42)60-46-27-15-38(2)16-28-46/h3-36,51-56H,1-2H3. The predicted molar refractivity (Wildman–Crippen MR) is 243 cm³/mol. The van der Waals surface area contributed by atoms with E-state index in [2.05, 4.69) is 35.1 Å². The van der Waals surface area contributed by atoms with Crippen molar-refractivity contribution in [2.45, 2.75) is 26.2 Å². The van der Waals surface area contributed by atoms with Gasteiger partial charge in [-0.15, -0.1) is 0 Å². The van der Waals surface area contributed by atoms with Gasteiger partial charge in [-0.3, -0.25) is 0 Å². The Balaban J connectivity index is 1.07. The molecule has 0 amide bonds. The van der Waals surface area contributed by atoms with Crippen molar-refractivity contribution in [3.8, 4) is 46.0 Å². The fraction of sp³-hybridized carbons (Fsp3) is 0.0769. The lowest BCUT2D eigenvalue weighted by Gasteiger charge is -2.33. The van der Waals surface area contributed by atoms with E-state index in [4.69, 9.17) is 18.9 Å². The minimum absolute atomic E-state index is 0.418. The van der Waals surface area contributed by atoms with Crippen LogP contribution in [0.5, 0.6) is 46.0 Å². The molecule has 0 saturated carbocycles. The van der Waals surface area contributed by atoms with Crippen LogP contribution in [0.25, 0.3) is 0 Å². The number of rotatable bonds is 17. The lowest BCUT2D eigenvalue weighted by Crippen LogP contribution is -2.49. The average Bonchev–Trinajstić information content (AvgIpc) is 3.28. The van der Waals surface area contributed by atoms with Gasteiger partial charge in [0.05, 0.1) is 0 Å². The number of nitrogens with one attached hydrogen (secondary N) is 4. The maximum Gasteiger partial charge on any atom is 0.136 e. The van der Waals surface area contributed by atoms with Crippen LogP contribution in [0.4, 0.5) is 22.7 Å². The summed E-state index contributed by atoms with van der Waals surface area (Å²) >= 11 is 0. The predicted octanol–water partition coefficient (Wildman–Crippen LogP) is 13.9. The molecule has 8 aromatic carbocycles. The van der Waals surface area contributed by atoms with Crippen LogP contribution in [0.3, 0.4) is 0 Å². The maximum atomic E-state index is 6.15. The first-order valence-corrected chi connectivity index (χ1v) is 19.9. The number of ether oxygens (including phenoxy) is 4. The zero-order chi connectivity index (χ0) is 40.9. The van der Waals surface area contributed by atoms with E-state index in [0.717, 1.165) is 68.7 Å². The fourth-order valence-electron chi connectivity index (χ4n) is 6.33. The molecule has 8 nitrogen and oxygen atoms in total. The lowest BCUT2D eigenvalue weighted by molar-refractivity contribution is 0.482. The van der Waals surface area contributed by atoms with Gasteiger partial charge in [0.1, 0.15) is 58.3 Å². The Labute approximate surface area is 351 Å². The van der Waals surface area contributed by atoms with Crippen molar-refractivity contribution in [3.63, 3.8) is 0 Å². The molecule has 8 heteroatoms. The summed E-state index contributed by atoms with van der Waals surface area (Å²) < 4.78 is 24.5. The van der Waals surface area contributed by atoms with Gasteiger partial charge in [0, 0.05) is 22.7 Å². The molecule has 0 fully saturated rings. The van der Waals surface area contributed by atoms with Gasteiger partial charge in [-0.25, -0.2) is 0 Å². The number of hydrogen-bond donors (Lipinski definition) is 4. The summed E-state index contributed by atoms with van der Waals surface area (Å²) in [6, 6.07) is 67.3. The van der Waals surface area contributed by atoms with Crippen molar-refractivity contribution in [2.75, 3.05) is 21.3 Å². The molecule has 2 atom stereocenters. The molecular weight excluding hydrogens is 745 g/mol. The van der Waals surface area contributed by atoms with Gasteiger partial charge in [0.25, 0.3) is 0 Å². The van der Waals surface area contributed by atoms with Gasteiger partial charge in [0.2, 0.25) is 0 Å². The molecule has 0 aliphatic heterocycles. The number of para-hydroxylation sites is 2. The number of aryl methyl sites for hydroxylation is 2. The third-order valence-corrected chi connectivity index (χ3v) is 9.51. The van der Waals surface area contributed by atoms with Gasteiger partial charge in [-0.2, -0.15) is 0 Å². The zero-order valence-electron chi connectivity index (χ0n) is 33.4. The minimum atomic E-state index is -0.418. The van der Waals surface area contributed by atoms with E-state index in [-0.39, 0.29) is 0 Å². The van der Waals surface area contributed by atoms with E-state index < -0.39 is 12.3 Å². The van der Waals surface area contributed by atoms with Crippen molar-refractivity contribution < 1.29 is 18.9 Å². The molecule has 0 aromatic heterocycles. The highest BCUT2D eigenvalue weighted by atomic mass is 16.5. The van der Waals surface area contributed by atoms with E-state index in [1.165, 1.54) is 11.1 Å². The molecule has 298 valence electrons. The third-order valence-electron chi connectivity index (χ3n) is 9.51. The Morgan fingerprint density at radius 2 is 0.450 bits per heavy atom. The topological polar surface area (TPSA) is 85.0 Å². The highest BCUT2D eigenvalue weighted by molar-refractivity contribution is 5.58. The highest BCUT2D eigenvalue weighted by Crippen LogP contribution is 2.29. The van der Waals surface area contributed by atoms with Crippen molar-refractivity contribution >= 4 is 22.7 Å². The van der Waals surface area contributed by atoms with E-state index in [9.17, 15) is 0 Å². The van der Waals surface area contributed by atoms with Gasteiger partial charge in [-0.1, -0.05) is 71.8 Å². The monoisotopic (exact) mass is 790 g/mol. The summed E-state index contributed by atoms with van der Waals surface area (Å²) in [6.45, 7) is 4.12. The number of hydrogen-bond acceptors (Lipinski definition) is 8. The molecule has 0 saturated heterocycles. The molecule has 8 rings (SSSR count). The third kappa shape index (κ3) is 11.2. The molecular formula is C52H46N4O4. The molecule has 0 bridgehead atoms. The molecule has 0 radical (unpaired) electrons. The Bertz CT molecular complexity index is 2340. The lowest BCUT2D eigenvalue weighted by atomic mass is 10.2. The Kier molecular flexibility index (Phi) is 12.4. The van der Waals surface area contributed by atoms with Crippen LogP contribution in [0.1, 0.15) is 11.1 Å². The highest BCUT2D eigenvalue weighted by Gasteiger charge is 2.23. The molecule has 0 aliphatic rings. The summed E-state index contributed by atoms with van der Waals surface area (Å²) in [6.07, 6.45) is -0.836. The normalized spacial score (nSPS) is 11.7. The van der Waals surface area contributed by atoms with Crippen LogP contribution in [-0.2, 0) is 0 Å². The summed E-state index contributed by atoms with van der Waals surface area (Å²) in [5.41, 5.74) is 5.89. The van der Waals surface area contributed by atoms with Crippen molar-refractivity contribution in [1.29, 1.82) is 0 Å². The Morgan fingerprint density at radius 1 is 0.250 bits per heavy atom. The summed E-state index contributed by atoms with van der Waals surface area (Å²) in [5, 5.41) is 15.0. The molecule has 0 spiro atoms. The van der Waals surface area contributed by atoms with Crippen LogP contribution >= 0.6 is 0 Å². The van der Waals surface area contributed by atoms with Crippen molar-refractivity contribution in [1.82, 2.24) is 0 Å². The summed E-state index contributed by atoms with van der Waals surface area (Å²) in [5.74, 6) is 6.06. The quantitative estimate of drug-likeness (QED) is 0.0679. The van der Waals surface area contributed by atoms with Gasteiger partial charge in [0.15, 0.2) is 0 Å². The molecule has 4 N–H and O–H groups in total. The van der Waals surface area contributed by atoms with Gasteiger partial charge < -0.3 is 40.2 Å². The SMILES string of the molecule is Cc1ccc(Oc2ccc(NC(Nc3ccc(Oc4ccccc4)cc3)C(Nc3ccc(Oc4ccccc4)cc3)Nc3ccc(Oc4ccc(C)cc4)cc3)cc2)cc1. The maximum absolute atomic E-state index is 6.15. The molecule has 8 aromatic rings. The molecule has 0 aliphatic carbocycles. The number of anilines is 4. The summed E-state index contributed by atoms with van der Waals surface area (Å²) in [7, 11) is 0. The first-order chi connectivity index (χ1) is 29.5. The van der Waals surface area contributed by atoms with Crippen molar-refractivity contribution in [3.05, 3.63) is 217 Å².